The highest BCUT2D eigenvalue weighted by molar-refractivity contribution is 6.99. The molecule has 0 saturated heterocycles. The summed E-state index contributed by atoms with van der Waals surface area (Å²) in [6.45, 7) is 24.4. The van der Waals surface area contributed by atoms with Crippen LogP contribution in [-0.4, -0.2) is 50.4 Å². The van der Waals surface area contributed by atoms with Gasteiger partial charge in [0, 0.05) is 6.10 Å². The second kappa shape index (κ2) is 14.6. The van der Waals surface area contributed by atoms with Crippen molar-refractivity contribution in [3.8, 4) is 34.7 Å². The number of benzene rings is 2. The van der Waals surface area contributed by atoms with Crippen molar-refractivity contribution in [2.75, 3.05) is 6.61 Å². The molecule has 3 nitrogen and oxygen atoms in total. The third-order valence-electron chi connectivity index (χ3n) is 5.85. The van der Waals surface area contributed by atoms with Crippen molar-refractivity contribution >= 4 is 42.0 Å². The second-order valence-electron chi connectivity index (χ2n) is 13.4. The summed E-state index contributed by atoms with van der Waals surface area (Å²) in [6.07, 6.45) is -0.566. The van der Waals surface area contributed by atoms with Gasteiger partial charge < -0.3 is 13.7 Å². The first-order valence-electron chi connectivity index (χ1n) is 14.1. The van der Waals surface area contributed by atoms with E-state index in [0.29, 0.717) is 6.61 Å². The topological polar surface area (TPSA) is 27.7 Å². The van der Waals surface area contributed by atoms with Crippen LogP contribution in [0.5, 0.6) is 0 Å². The Bertz CT molecular complexity index is 1220. The molecule has 7 heteroatoms. The van der Waals surface area contributed by atoms with E-state index in [4.69, 9.17) is 13.7 Å². The fourth-order valence-corrected chi connectivity index (χ4v) is 9.77. The van der Waals surface area contributed by atoms with Crippen LogP contribution in [0.4, 0.5) is 0 Å². The van der Waals surface area contributed by atoms with Gasteiger partial charge in [-0.05, 0) is 41.1 Å². The number of rotatable bonds is 9. The van der Waals surface area contributed by atoms with Crippen molar-refractivity contribution in [3.05, 3.63) is 60.7 Å². The molecule has 0 radical (unpaired) electrons. The van der Waals surface area contributed by atoms with Gasteiger partial charge in [0.2, 0.25) is 0 Å². The Morgan fingerprint density at radius 3 is 1.65 bits per heavy atom. The Kier molecular flexibility index (Phi) is 12.3. The zero-order chi connectivity index (χ0) is 30.0. The molecule has 0 amide bonds. The predicted molar refractivity (Wildman–Crippen MR) is 180 cm³/mol. The Balaban J connectivity index is 2.55. The first-order chi connectivity index (χ1) is 18.5. The lowest BCUT2D eigenvalue weighted by Crippen LogP contribution is -2.67. The quantitative estimate of drug-likeness (QED) is 0.260. The van der Waals surface area contributed by atoms with Gasteiger partial charge in [-0.15, -0.1) is 11.1 Å². The van der Waals surface area contributed by atoms with E-state index >= 15 is 0 Å². The van der Waals surface area contributed by atoms with Crippen molar-refractivity contribution in [3.63, 3.8) is 0 Å². The Morgan fingerprint density at radius 2 is 1.23 bits per heavy atom. The average Bonchev–Trinajstić information content (AvgIpc) is 2.84. The van der Waals surface area contributed by atoms with Gasteiger partial charge in [-0.25, -0.2) is 0 Å². The summed E-state index contributed by atoms with van der Waals surface area (Å²) < 4.78 is 19.7. The highest BCUT2D eigenvalue weighted by Crippen LogP contribution is 2.36. The van der Waals surface area contributed by atoms with Crippen molar-refractivity contribution in [1.82, 2.24) is 0 Å². The van der Waals surface area contributed by atoms with Gasteiger partial charge >= 0.3 is 7.12 Å². The van der Waals surface area contributed by atoms with E-state index in [1.54, 1.807) is 0 Å². The normalized spacial score (nSPS) is 12.8. The van der Waals surface area contributed by atoms with Crippen LogP contribution in [0.2, 0.25) is 44.3 Å². The molecule has 212 valence electrons. The first-order valence-corrected chi connectivity index (χ1v) is 23.1. The molecular weight excluding hydrogens is 539 g/mol. The zero-order valence-electron chi connectivity index (χ0n) is 26.4. The predicted octanol–water partition coefficient (Wildman–Crippen LogP) is 6.17. The Labute approximate surface area is 248 Å². The van der Waals surface area contributed by atoms with Gasteiger partial charge in [-0.1, -0.05) is 132 Å². The van der Waals surface area contributed by atoms with Crippen molar-refractivity contribution in [2.45, 2.75) is 91.1 Å². The lowest BCUT2D eigenvalue weighted by Gasteiger charge is -2.43. The van der Waals surface area contributed by atoms with Crippen molar-refractivity contribution < 1.29 is 13.7 Å². The van der Waals surface area contributed by atoms with E-state index in [1.807, 2.05) is 13.8 Å². The van der Waals surface area contributed by atoms with Crippen LogP contribution in [0.15, 0.2) is 60.7 Å². The van der Waals surface area contributed by atoms with Crippen LogP contribution in [-0.2, 0) is 13.7 Å². The summed E-state index contributed by atoms with van der Waals surface area (Å²) in [5, 5.41) is 2.30. The maximum absolute atomic E-state index is 7.17. The Morgan fingerprint density at radius 1 is 0.725 bits per heavy atom. The minimum absolute atomic E-state index is 0.0625. The fourth-order valence-electron chi connectivity index (χ4n) is 4.18. The average molecular weight is 587 g/mol. The van der Waals surface area contributed by atoms with E-state index < -0.39 is 37.7 Å². The fraction of sp³-hybridized carbons (Fsp3) is 0.455. The maximum atomic E-state index is 7.17. The van der Waals surface area contributed by atoms with Crippen LogP contribution >= 0.6 is 0 Å². The third-order valence-corrected chi connectivity index (χ3v) is 12.6. The molecule has 2 aromatic rings. The van der Waals surface area contributed by atoms with E-state index in [0.717, 1.165) is 0 Å². The lowest BCUT2D eigenvalue weighted by atomic mass is 9.90. The van der Waals surface area contributed by atoms with Crippen molar-refractivity contribution in [1.29, 1.82) is 0 Å². The summed E-state index contributed by atoms with van der Waals surface area (Å²) in [6, 6.07) is 21.3. The minimum atomic E-state index is -2.75. The molecule has 0 heterocycles. The molecule has 0 aliphatic rings. The molecule has 0 saturated carbocycles. The Hall–Kier alpha value is -2.28. The van der Waals surface area contributed by atoms with Gasteiger partial charge in [-0.3, -0.25) is 0 Å². The maximum Gasteiger partial charge on any atom is 0.552 e. The van der Waals surface area contributed by atoms with Crippen LogP contribution in [0.3, 0.4) is 0 Å². The number of hydrogen-bond donors (Lipinski definition) is 0. The molecule has 0 aliphatic carbocycles. The van der Waals surface area contributed by atoms with E-state index in [-0.39, 0.29) is 11.1 Å². The SMILES string of the molecule is CC(C)OB(C#CC#C[Si](C)(C)C)O[C@H](C#C[Si](C)(C)C)CO[Si](c1ccccc1)(c1ccccc1)C(C)(C)C. The van der Waals surface area contributed by atoms with Gasteiger partial charge in [0.15, 0.2) is 0 Å². The van der Waals surface area contributed by atoms with Crippen LogP contribution < -0.4 is 10.4 Å². The van der Waals surface area contributed by atoms with Gasteiger partial charge in [0.25, 0.3) is 8.32 Å². The molecule has 0 aliphatic heterocycles. The van der Waals surface area contributed by atoms with E-state index in [1.165, 1.54) is 10.4 Å². The standard InChI is InChI=1S/C33H47BO3Si3/c1-29(2)36-34(25-18-19-26-38(6,7)8)37-30(24-27-39(9,10)11)28-35-40(33(3,4)5,31-20-14-12-15-21-31)32-22-16-13-17-23-32/h12-17,20-23,29-30H,28H2,1-11H3/t30-/m1/s1. The molecule has 40 heavy (non-hydrogen) atoms. The highest BCUT2D eigenvalue weighted by atomic mass is 28.4. The number of hydrogen-bond acceptors (Lipinski definition) is 3. The summed E-state index contributed by atoms with van der Waals surface area (Å²) in [4.78, 5) is 0. The van der Waals surface area contributed by atoms with E-state index in [9.17, 15) is 0 Å². The smallest absolute Gasteiger partial charge is 0.404 e. The minimum Gasteiger partial charge on any atom is -0.404 e. The summed E-state index contributed by atoms with van der Waals surface area (Å²) >= 11 is 0. The molecular formula is C33H47BO3Si3. The molecule has 2 rings (SSSR count). The molecule has 0 fully saturated rings. The van der Waals surface area contributed by atoms with Gasteiger partial charge in [0.05, 0.1) is 6.61 Å². The monoisotopic (exact) mass is 586 g/mol. The van der Waals surface area contributed by atoms with E-state index in [2.05, 4.69) is 155 Å². The second-order valence-corrected chi connectivity index (χ2v) is 27.2. The van der Waals surface area contributed by atoms with Crippen molar-refractivity contribution in [2.24, 2.45) is 0 Å². The molecule has 2 aromatic carbocycles. The molecule has 0 N–H and O–H groups in total. The lowest BCUT2D eigenvalue weighted by molar-refractivity contribution is 0.112. The highest BCUT2D eigenvalue weighted by Gasteiger charge is 2.50. The molecule has 0 aromatic heterocycles. The molecule has 0 unspecified atom stereocenters. The molecule has 0 spiro atoms. The summed E-state index contributed by atoms with van der Waals surface area (Å²) in [5.41, 5.74) is 6.79. The van der Waals surface area contributed by atoms with Crippen LogP contribution in [0.1, 0.15) is 34.6 Å². The van der Waals surface area contributed by atoms with Crippen LogP contribution in [0.25, 0.3) is 0 Å². The summed E-state index contributed by atoms with van der Waals surface area (Å²) in [7, 11) is -6.70. The van der Waals surface area contributed by atoms with Gasteiger partial charge in [-0.2, -0.15) is 0 Å². The van der Waals surface area contributed by atoms with Crippen LogP contribution in [0, 0.1) is 34.7 Å². The summed E-state index contributed by atoms with van der Waals surface area (Å²) in [5.74, 6) is 12.5. The van der Waals surface area contributed by atoms with Gasteiger partial charge in [0.1, 0.15) is 22.3 Å². The molecule has 1 atom stereocenters. The third kappa shape index (κ3) is 10.9. The largest absolute Gasteiger partial charge is 0.552 e. The zero-order valence-corrected chi connectivity index (χ0v) is 29.4. The molecule has 0 bridgehead atoms. The first kappa shape index (κ1) is 33.9.